The number of amides is 1. The second kappa shape index (κ2) is 4.83. The molecule has 1 aliphatic rings. The summed E-state index contributed by atoms with van der Waals surface area (Å²) in [5, 5.41) is 4.93. The first-order chi connectivity index (χ1) is 6.88. The molecule has 0 bridgehead atoms. The van der Waals surface area contributed by atoms with E-state index in [1.54, 1.807) is 0 Å². The summed E-state index contributed by atoms with van der Waals surface area (Å²) in [5.41, 5.74) is 0. The molecule has 1 amide bonds. The number of halogens is 3. The lowest BCUT2D eigenvalue weighted by Gasteiger charge is -2.26. The van der Waals surface area contributed by atoms with Crippen LogP contribution in [0.25, 0.3) is 0 Å². The number of rotatable bonds is 2. The number of hydrogen-bond donors (Lipinski definition) is 2. The Hall–Kier alpha value is -0.780. The van der Waals surface area contributed by atoms with Gasteiger partial charge in [0.25, 0.3) is 0 Å². The normalized spacial score (nSPS) is 27.5. The van der Waals surface area contributed by atoms with Gasteiger partial charge < -0.3 is 10.6 Å². The lowest BCUT2D eigenvalue weighted by atomic mass is 9.91. The second-order valence-corrected chi connectivity index (χ2v) is 4.03. The zero-order valence-corrected chi connectivity index (χ0v) is 8.53. The fourth-order valence-electron chi connectivity index (χ4n) is 1.69. The SMILES string of the molecule is CC1CNCC(C(=O)NCC(F)(F)F)C1. The van der Waals surface area contributed by atoms with Gasteiger partial charge in [0.1, 0.15) is 6.54 Å². The van der Waals surface area contributed by atoms with Crippen molar-refractivity contribution >= 4 is 5.91 Å². The molecule has 1 saturated heterocycles. The maximum absolute atomic E-state index is 11.8. The standard InChI is InChI=1S/C9H15F3N2O/c1-6-2-7(4-13-3-6)8(15)14-5-9(10,11)12/h6-7,13H,2-5H2,1H3,(H,14,15). The molecule has 1 aliphatic heterocycles. The predicted octanol–water partition coefficient (Wildman–Crippen LogP) is 0.910. The van der Waals surface area contributed by atoms with Gasteiger partial charge in [-0.2, -0.15) is 13.2 Å². The zero-order valence-electron chi connectivity index (χ0n) is 8.53. The van der Waals surface area contributed by atoms with Crippen molar-refractivity contribution in [2.45, 2.75) is 19.5 Å². The van der Waals surface area contributed by atoms with Crippen LogP contribution in [-0.4, -0.2) is 31.7 Å². The molecule has 0 saturated carbocycles. The quantitative estimate of drug-likeness (QED) is 0.732. The van der Waals surface area contributed by atoms with Gasteiger partial charge in [-0.1, -0.05) is 6.92 Å². The number of alkyl halides is 3. The molecule has 1 rings (SSSR count). The van der Waals surface area contributed by atoms with Crippen molar-refractivity contribution in [1.29, 1.82) is 0 Å². The second-order valence-electron chi connectivity index (χ2n) is 4.03. The van der Waals surface area contributed by atoms with E-state index >= 15 is 0 Å². The number of carbonyl (C=O) groups excluding carboxylic acids is 1. The van der Waals surface area contributed by atoms with Gasteiger partial charge in [-0.05, 0) is 18.9 Å². The van der Waals surface area contributed by atoms with Crippen LogP contribution in [0.5, 0.6) is 0 Å². The van der Waals surface area contributed by atoms with Crippen LogP contribution in [0.4, 0.5) is 13.2 Å². The lowest BCUT2D eigenvalue weighted by molar-refractivity contribution is -0.141. The third-order valence-electron chi connectivity index (χ3n) is 2.40. The lowest BCUT2D eigenvalue weighted by Crippen LogP contribution is -2.45. The number of nitrogens with one attached hydrogen (secondary N) is 2. The largest absolute Gasteiger partial charge is 0.405 e. The van der Waals surface area contributed by atoms with Crippen LogP contribution >= 0.6 is 0 Å². The summed E-state index contributed by atoms with van der Waals surface area (Å²) < 4.78 is 35.5. The highest BCUT2D eigenvalue weighted by molar-refractivity contribution is 5.79. The molecule has 0 aliphatic carbocycles. The average Bonchev–Trinajstić information content (AvgIpc) is 2.13. The molecule has 0 radical (unpaired) electrons. The van der Waals surface area contributed by atoms with Crippen molar-refractivity contribution in [2.75, 3.05) is 19.6 Å². The van der Waals surface area contributed by atoms with E-state index in [-0.39, 0.29) is 5.92 Å². The highest BCUT2D eigenvalue weighted by Gasteiger charge is 2.30. The molecule has 88 valence electrons. The first-order valence-corrected chi connectivity index (χ1v) is 4.93. The van der Waals surface area contributed by atoms with Crippen LogP contribution in [0.15, 0.2) is 0 Å². The van der Waals surface area contributed by atoms with E-state index in [2.05, 4.69) is 5.32 Å². The number of carbonyl (C=O) groups is 1. The van der Waals surface area contributed by atoms with E-state index in [9.17, 15) is 18.0 Å². The summed E-state index contributed by atoms with van der Waals surface area (Å²) in [7, 11) is 0. The summed E-state index contributed by atoms with van der Waals surface area (Å²) in [6, 6.07) is 0. The molecule has 0 aromatic heterocycles. The van der Waals surface area contributed by atoms with Gasteiger partial charge in [0.05, 0.1) is 5.92 Å². The topological polar surface area (TPSA) is 41.1 Å². The van der Waals surface area contributed by atoms with Gasteiger partial charge in [0.15, 0.2) is 0 Å². The maximum Gasteiger partial charge on any atom is 0.405 e. The molecular formula is C9H15F3N2O. The predicted molar refractivity (Wildman–Crippen MR) is 49.2 cm³/mol. The van der Waals surface area contributed by atoms with Gasteiger partial charge in [-0.25, -0.2) is 0 Å². The molecule has 0 spiro atoms. The molecule has 0 aromatic rings. The molecule has 2 unspecified atom stereocenters. The first-order valence-electron chi connectivity index (χ1n) is 4.93. The third-order valence-corrected chi connectivity index (χ3v) is 2.40. The fraction of sp³-hybridized carbons (Fsp3) is 0.889. The van der Waals surface area contributed by atoms with Crippen molar-refractivity contribution in [1.82, 2.24) is 10.6 Å². The summed E-state index contributed by atoms with van der Waals surface area (Å²) in [6.45, 7) is 2.02. The molecule has 6 heteroatoms. The van der Waals surface area contributed by atoms with Crippen LogP contribution in [0.3, 0.4) is 0 Å². The highest BCUT2D eigenvalue weighted by atomic mass is 19.4. The van der Waals surface area contributed by atoms with Crippen molar-refractivity contribution in [3.63, 3.8) is 0 Å². The summed E-state index contributed by atoms with van der Waals surface area (Å²) in [4.78, 5) is 11.3. The van der Waals surface area contributed by atoms with Gasteiger partial charge in [-0.15, -0.1) is 0 Å². The van der Waals surface area contributed by atoms with E-state index in [1.807, 2.05) is 12.2 Å². The molecule has 2 atom stereocenters. The summed E-state index contributed by atoms with van der Waals surface area (Å²) in [5.74, 6) is -0.511. The monoisotopic (exact) mass is 224 g/mol. The maximum atomic E-state index is 11.8. The minimum atomic E-state index is -4.33. The molecule has 3 nitrogen and oxygen atoms in total. The van der Waals surface area contributed by atoms with Crippen LogP contribution in [0.1, 0.15) is 13.3 Å². The van der Waals surface area contributed by atoms with E-state index in [1.165, 1.54) is 0 Å². The first kappa shape index (κ1) is 12.3. The van der Waals surface area contributed by atoms with Gasteiger partial charge >= 0.3 is 6.18 Å². The van der Waals surface area contributed by atoms with Crippen molar-refractivity contribution in [3.05, 3.63) is 0 Å². The number of hydrogen-bond acceptors (Lipinski definition) is 2. The molecule has 15 heavy (non-hydrogen) atoms. The zero-order chi connectivity index (χ0) is 11.5. The fourth-order valence-corrected chi connectivity index (χ4v) is 1.69. The molecule has 0 aromatic carbocycles. The van der Waals surface area contributed by atoms with Crippen LogP contribution in [0, 0.1) is 11.8 Å². The Morgan fingerprint density at radius 1 is 1.47 bits per heavy atom. The molecule has 2 N–H and O–H groups in total. The average molecular weight is 224 g/mol. The van der Waals surface area contributed by atoms with Crippen molar-refractivity contribution in [3.8, 4) is 0 Å². The Kier molecular flexibility index (Phi) is 3.96. The molecular weight excluding hydrogens is 209 g/mol. The Morgan fingerprint density at radius 3 is 2.67 bits per heavy atom. The van der Waals surface area contributed by atoms with E-state index in [0.717, 1.165) is 6.54 Å². The molecule has 1 fully saturated rings. The highest BCUT2D eigenvalue weighted by Crippen LogP contribution is 2.17. The van der Waals surface area contributed by atoms with Crippen molar-refractivity contribution in [2.24, 2.45) is 11.8 Å². The number of piperidine rings is 1. The molecule has 1 heterocycles. The smallest absolute Gasteiger partial charge is 0.347 e. The Labute approximate surface area is 86.4 Å². The van der Waals surface area contributed by atoms with Crippen LogP contribution < -0.4 is 10.6 Å². The minimum absolute atomic E-state index is 0.334. The van der Waals surface area contributed by atoms with Crippen LogP contribution in [0.2, 0.25) is 0 Å². The van der Waals surface area contributed by atoms with Gasteiger partial charge in [0, 0.05) is 6.54 Å². The van der Waals surface area contributed by atoms with Crippen LogP contribution in [-0.2, 0) is 4.79 Å². The Bertz CT molecular complexity index is 230. The van der Waals surface area contributed by atoms with Crippen molar-refractivity contribution < 1.29 is 18.0 Å². The summed E-state index contributed by atoms with van der Waals surface area (Å²) >= 11 is 0. The summed E-state index contributed by atoms with van der Waals surface area (Å²) in [6.07, 6.45) is -3.68. The van der Waals surface area contributed by atoms with E-state index in [4.69, 9.17) is 0 Å². The van der Waals surface area contributed by atoms with E-state index < -0.39 is 18.6 Å². The van der Waals surface area contributed by atoms with E-state index in [0.29, 0.717) is 18.9 Å². The van der Waals surface area contributed by atoms with Gasteiger partial charge in [-0.3, -0.25) is 4.79 Å². The third kappa shape index (κ3) is 4.51. The minimum Gasteiger partial charge on any atom is -0.347 e. The van der Waals surface area contributed by atoms with Gasteiger partial charge in [0.2, 0.25) is 5.91 Å². The Balaban J connectivity index is 2.33. The Morgan fingerprint density at radius 2 is 2.13 bits per heavy atom.